The Kier molecular flexibility index (Phi) is 7.97. The van der Waals surface area contributed by atoms with Crippen LogP contribution in [0.5, 0.6) is 5.75 Å². The molecule has 0 radical (unpaired) electrons. The van der Waals surface area contributed by atoms with Crippen molar-refractivity contribution in [2.45, 2.75) is 44.1 Å². The maximum atomic E-state index is 13.0. The van der Waals surface area contributed by atoms with Crippen molar-refractivity contribution < 1.29 is 19.0 Å². The summed E-state index contributed by atoms with van der Waals surface area (Å²) in [7, 11) is 1.65. The van der Waals surface area contributed by atoms with E-state index in [0.29, 0.717) is 43.3 Å². The van der Waals surface area contributed by atoms with Gasteiger partial charge in [0.2, 0.25) is 0 Å². The Balaban J connectivity index is 1.49. The molecule has 0 saturated heterocycles. The minimum absolute atomic E-state index is 0.0295. The van der Waals surface area contributed by atoms with Gasteiger partial charge in [0.15, 0.2) is 0 Å². The minimum atomic E-state index is -0.439. The summed E-state index contributed by atoms with van der Waals surface area (Å²) in [5, 5.41) is 10.8. The maximum absolute atomic E-state index is 13.0. The molecule has 174 valence electrons. The van der Waals surface area contributed by atoms with Crippen molar-refractivity contribution in [3.05, 3.63) is 99.6 Å². The van der Waals surface area contributed by atoms with Crippen molar-refractivity contribution in [2.75, 3.05) is 20.3 Å². The number of ether oxygens (including phenoxy) is 2. The van der Waals surface area contributed by atoms with Crippen LogP contribution in [-0.4, -0.2) is 31.5 Å². The molecular formula is C28H32O5. The molecule has 1 aliphatic carbocycles. The highest BCUT2D eigenvalue weighted by Crippen LogP contribution is 2.47. The summed E-state index contributed by atoms with van der Waals surface area (Å²) in [6.45, 7) is 1.03. The molecule has 5 nitrogen and oxygen atoms in total. The fraction of sp³-hybridized carbons (Fsp3) is 0.393. The molecule has 0 amide bonds. The third kappa shape index (κ3) is 6.34. The zero-order valence-corrected chi connectivity index (χ0v) is 19.1. The maximum Gasteiger partial charge on any atom is 0.343 e. The van der Waals surface area contributed by atoms with Gasteiger partial charge in [-0.15, -0.1) is 0 Å². The Labute approximate surface area is 195 Å². The fourth-order valence-electron chi connectivity index (χ4n) is 4.43. The predicted molar refractivity (Wildman–Crippen MR) is 128 cm³/mol. The molecule has 1 heterocycles. The van der Waals surface area contributed by atoms with Crippen molar-refractivity contribution in [1.29, 1.82) is 0 Å². The van der Waals surface area contributed by atoms with E-state index < -0.39 is 5.63 Å². The third-order valence-corrected chi connectivity index (χ3v) is 6.24. The summed E-state index contributed by atoms with van der Waals surface area (Å²) < 4.78 is 16.8. The van der Waals surface area contributed by atoms with Crippen LogP contribution in [0.2, 0.25) is 0 Å². The van der Waals surface area contributed by atoms with Crippen molar-refractivity contribution in [1.82, 2.24) is 0 Å². The average Bonchev–Trinajstić information content (AvgIpc) is 3.66. The number of aryl methyl sites for hydroxylation is 1. The lowest BCUT2D eigenvalue weighted by molar-refractivity contribution is 0.0131. The van der Waals surface area contributed by atoms with Gasteiger partial charge in [0, 0.05) is 25.5 Å². The molecule has 4 rings (SSSR count). The summed E-state index contributed by atoms with van der Waals surface area (Å²) >= 11 is 0. The van der Waals surface area contributed by atoms with Crippen LogP contribution < -0.4 is 5.63 Å². The number of rotatable bonds is 12. The van der Waals surface area contributed by atoms with E-state index in [-0.39, 0.29) is 17.8 Å². The standard InChI is InChI=1S/C28H32O5/c1-31-16-17-32-23(18-20-8-4-2-5-9-20)14-15-24-19-25(29)27(28(30)33-24)26(22-12-13-22)21-10-6-3-7-11-21/h2-11,19,22-23,26,29H,12-18H2,1H3. The van der Waals surface area contributed by atoms with Gasteiger partial charge in [-0.05, 0) is 42.7 Å². The Morgan fingerprint density at radius 1 is 1.03 bits per heavy atom. The molecule has 0 spiro atoms. The first kappa shape index (κ1) is 23.3. The van der Waals surface area contributed by atoms with E-state index in [2.05, 4.69) is 12.1 Å². The molecule has 1 aromatic heterocycles. The van der Waals surface area contributed by atoms with Crippen LogP contribution in [0, 0.1) is 5.92 Å². The van der Waals surface area contributed by atoms with Gasteiger partial charge in [0.1, 0.15) is 11.5 Å². The van der Waals surface area contributed by atoms with Crippen molar-refractivity contribution >= 4 is 0 Å². The largest absolute Gasteiger partial charge is 0.507 e. The van der Waals surface area contributed by atoms with E-state index in [1.807, 2.05) is 48.5 Å². The second kappa shape index (κ2) is 11.3. The van der Waals surface area contributed by atoms with Crippen LogP contribution in [0.3, 0.4) is 0 Å². The summed E-state index contributed by atoms with van der Waals surface area (Å²) in [5.74, 6) is 0.760. The second-order valence-electron chi connectivity index (χ2n) is 8.74. The Bertz CT molecular complexity index is 1060. The SMILES string of the molecule is COCCOC(CCc1cc(O)c(C(c2ccccc2)C2CC2)c(=O)o1)Cc1ccccc1. The van der Waals surface area contributed by atoms with Gasteiger partial charge in [0.25, 0.3) is 0 Å². The molecule has 0 bridgehead atoms. The van der Waals surface area contributed by atoms with Gasteiger partial charge in [-0.1, -0.05) is 60.7 Å². The number of aromatic hydroxyl groups is 1. The Morgan fingerprint density at radius 3 is 2.36 bits per heavy atom. The molecule has 2 atom stereocenters. The van der Waals surface area contributed by atoms with Gasteiger partial charge in [-0.25, -0.2) is 4.79 Å². The molecule has 3 aromatic rings. The van der Waals surface area contributed by atoms with Crippen LogP contribution in [0.25, 0.3) is 0 Å². The first-order valence-electron chi connectivity index (χ1n) is 11.7. The number of hydrogen-bond donors (Lipinski definition) is 1. The summed E-state index contributed by atoms with van der Waals surface area (Å²) in [6.07, 6.45) is 4.01. The predicted octanol–water partition coefficient (Wildman–Crippen LogP) is 5.09. The highest BCUT2D eigenvalue weighted by Gasteiger charge is 2.37. The van der Waals surface area contributed by atoms with Gasteiger partial charge >= 0.3 is 5.63 Å². The smallest absolute Gasteiger partial charge is 0.343 e. The molecule has 1 aliphatic rings. The average molecular weight is 449 g/mol. The van der Waals surface area contributed by atoms with E-state index >= 15 is 0 Å². The van der Waals surface area contributed by atoms with E-state index in [0.717, 1.165) is 24.8 Å². The lowest BCUT2D eigenvalue weighted by Gasteiger charge is -2.19. The van der Waals surface area contributed by atoms with Crippen LogP contribution in [0.4, 0.5) is 0 Å². The van der Waals surface area contributed by atoms with Crippen molar-refractivity contribution in [3.63, 3.8) is 0 Å². The van der Waals surface area contributed by atoms with Crippen LogP contribution in [0.1, 0.15) is 47.6 Å². The molecule has 2 unspecified atom stereocenters. The highest BCUT2D eigenvalue weighted by molar-refractivity contribution is 5.41. The van der Waals surface area contributed by atoms with E-state index in [1.54, 1.807) is 13.2 Å². The van der Waals surface area contributed by atoms with Gasteiger partial charge in [0.05, 0.1) is 24.9 Å². The molecular weight excluding hydrogens is 416 g/mol. The molecule has 0 aliphatic heterocycles. The third-order valence-electron chi connectivity index (χ3n) is 6.24. The van der Waals surface area contributed by atoms with Crippen molar-refractivity contribution in [2.24, 2.45) is 5.92 Å². The van der Waals surface area contributed by atoms with E-state index in [1.165, 1.54) is 5.56 Å². The van der Waals surface area contributed by atoms with E-state index in [4.69, 9.17) is 13.9 Å². The lowest BCUT2D eigenvalue weighted by Crippen LogP contribution is -2.20. The molecule has 5 heteroatoms. The second-order valence-corrected chi connectivity index (χ2v) is 8.74. The van der Waals surface area contributed by atoms with Crippen LogP contribution in [0.15, 0.2) is 75.9 Å². The fourth-order valence-corrected chi connectivity index (χ4v) is 4.43. The summed E-state index contributed by atoms with van der Waals surface area (Å²) in [6, 6.07) is 21.7. The number of methoxy groups -OCH3 is 1. The molecule has 1 N–H and O–H groups in total. The monoisotopic (exact) mass is 448 g/mol. The summed E-state index contributed by atoms with van der Waals surface area (Å²) in [4.78, 5) is 13.0. The van der Waals surface area contributed by atoms with Crippen LogP contribution in [-0.2, 0) is 22.3 Å². The topological polar surface area (TPSA) is 68.9 Å². The quantitative estimate of drug-likeness (QED) is 0.391. The number of benzene rings is 2. The molecule has 2 aromatic carbocycles. The zero-order chi connectivity index (χ0) is 23.0. The lowest BCUT2D eigenvalue weighted by atomic mass is 9.87. The van der Waals surface area contributed by atoms with Gasteiger partial charge in [-0.3, -0.25) is 0 Å². The molecule has 1 fully saturated rings. The molecule has 33 heavy (non-hydrogen) atoms. The number of hydrogen-bond acceptors (Lipinski definition) is 5. The Morgan fingerprint density at radius 2 is 1.73 bits per heavy atom. The highest BCUT2D eigenvalue weighted by atomic mass is 16.5. The minimum Gasteiger partial charge on any atom is -0.507 e. The Hall–Kier alpha value is -2.89. The van der Waals surface area contributed by atoms with Crippen molar-refractivity contribution in [3.8, 4) is 5.75 Å². The van der Waals surface area contributed by atoms with E-state index in [9.17, 15) is 9.90 Å². The molecule has 1 saturated carbocycles. The van der Waals surface area contributed by atoms with Gasteiger partial charge < -0.3 is 19.0 Å². The zero-order valence-electron chi connectivity index (χ0n) is 19.1. The van der Waals surface area contributed by atoms with Crippen LogP contribution >= 0.6 is 0 Å². The van der Waals surface area contributed by atoms with Gasteiger partial charge in [-0.2, -0.15) is 0 Å². The first-order valence-corrected chi connectivity index (χ1v) is 11.7. The first-order chi connectivity index (χ1) is 16.2. The summed E-state index contributed by atoms with van der Waals surface area (Å²) in [5.41, 5.74) is 2.18. The normalized spacial score (nSPS) is 15.3.